The first kappa shape index (κ1) is 8.92. The van der Waals surface area contributed by atoms with Gasteiger partial charge in [-0.3, -0.25) is 0 Å². The quantitative estimate of drug-likeness (QED) is 0.770. The average molecular weight is 202 g/mol. The third-order valence-electron chi connectivity index (χ3n) is 3.05. The first-order valence-corrected chi connectivity index (χ1v) is 5.41. The summed E-state index contributed by atoms with van der Waals surface area (Å²) in [5, 5.41) is 3.38. The Morgan fingerprint density at radius 3 is 3.20 bits per heavy atom. The van der Waals surface area contributed by atoms with Crippen LogP contribution in [0.4, 0.5) is 0 Å². The van der Waals surface area contributed by atoms with Crippen molar-refractivity contribution in [1.29, 1.82) is 0 Å². The number of hydrogen-bond acceptors (Lipinski definition) is 3. The van der Waals surface area contributed by atoms with Gasteiger partial charge in [0.05, 0.1) is 0 Å². The van der Waals surface area contributed by atoms with Crippen molar-refractivity contribution in [2.75, 3.05) is 13.1 Å². The molecule has 1 N–H and O–H groups in total. The molecule has 1 aliphatic rings. The van der Waals surface area contributed by atoms with E-state index in [2.05, 4.69) is 28.5 Å². The maximum atomic E-state index is 5.54. The number of hydrogen-bond donors (Lipinski definition) is 1. The zero-order chi connectivity index (χ0) is 10.3. The van der Waals surface area contributed by atoms with Crippen LogP contribution < -0.4 is 5.32 Å². The topological polar surface area (TPSA) is 38.1 Å². The fourth-order valence-corrected chi connectivity index (χ4v) is 2.25. The second-order valence-electron chi connectivity index (χ2n) is 4.15. The van der Waals surface area contributed by atoms with Crippen molar-refractivity contribution in [3.05, 3.63) is 29.7 Å². The summed E-state index contributed by atoms with van der Waals surface area (Å²) < 4.78 is 5.54. The van der Waals surface area contributed by atoms with Gasteiger partial charge in [0, 0.05) is 13.5 Å². The first-order valence-electron chi connectivity index (χ1n) is 5.41. The molecule has 3 rings (SSSR count). The third kappa shape index (κ3) is 1.53. The lowest BCUT2D eigenvalue weighted by molar-refractivity contribution is 0.560. The van der Waals surface area contributed by atoms with Gasteiger partial charge in [0.1, 0.15) is 5.52 Å². The van der Waals surface area contributed by atoms with E-state index < -0.39 is 0 Å². The summed E-state index contributed by atoms with van der Waals surface area (Å²) >= 11 is 0. The molecule has 1 aromatic heterocycles. The molecule has 0 bridgehead atoms. The minimum Gasteiger partial charge on any atom is -0.441 e. The molecule has 0 saturated carbocycles. The van der Waals surface area contributed by atoms with Gasteiger partial charge in [-0.15, -0.1) is 0 Å². The van der Waals surface area contributed by atoms with Crippen LogP contribution >= 0.6 is 0 Å². The molecule has 1 fully saturated rings. The van der Waals surface area contributed by atoms with Crippen molar-refractivity contribution in [2.24, 2.45) is 0 Å². The van der Waals surface area contributed by atoms with E-state index in [0.29, 0.717) is 5.92 Å². The zero-order valence-electron chi connectivity index (χ0n) is 8.79. The van der Waals surface area contributed by atoms with Crippen LogP contribution in [0.5, 0.6) is 0 Å². The van der Waals surface area contributed by atoms with Gasteiger partial charge >= 0.3 is 0 Å². The number of oxazole rings is 1. The van der Waals surface area contributed by atoms with Crippen LogP contribution in [0.15, 0.2) is 22.6 Å². The molecule has 0 aliphatic carbocycles. The van der Waals surface area contributed by atoms with Crippen molar-refractivity contribution >= 4 is 11.1 Å². The van der Waals surface area contributed by atoms with Gasteiger partial charge in [0.2, 0.25) is 0 Å². The molecule has 0 amide bonds. The minimum atomic E-state index is 0.639. The van der Waals surface area contributed by atoms with E-state index in [0.717, 1.165) is 30.1 Å². The Bertz CT molecular complexity index is 483. The Balaban J connectivity index is 2.04. The molecule has 0 spiro atoms. The lowest BCUT2D eigenvalue weighted by Gasteiger charge is -2.07. The predicted octanol–water partition coefficient (Wildman–Crippen LogP) is 2.21. The Hall–Kier alpha value is -1.35. The molecule has 0 radical (unpaired) electrons. The molecule has 1 aliphatic heterocycles. The number of nitrogens with one attached hydrogen (secondary N) is 1. The summed E-state index contributed by atoms with van der Waals surface area (Å²) in [5.41, 5.74) is 3.24. The fraction of sp³-hybridized carbons (Fsp3) is 0.417. The normalized spacial score (nSPS) is 21.3. The third-order valence-corrected chi connectivity index (χ3v) is 3.05. The molecule has 3 heteroatoms. The van der Waals surface area contributed by atoms with Gasteiger partial charge in [-0.1, -0.05) is 6.07 Å². The Kier molecular flexibility index (Phi) is 1.99. The maximum Gasteiger partial charge on any atom is 0.192 e. The number of benzene rings is 1. The van der Waals surface area contributed by atoms with Gasteiger partial charge in [-0.05, 0) is 36.6 Å². The monoisotopic (exact) mass is 202 g/mol. The van der Waals surface area contributed by atoms with E-state index in [4.69, 9.17) is 4.42 Å². The molecular formula is C12H14N2O. The highest BCUT2D eigenvalue weighted by Gasteiger charge is 2.17. The highest BCUT2D eigenvalue weighted by molar-refractivity contribution is 5.73. The summed E-state index contributed by atoms with van der Waals surface area (Å²) in [4.78, 5) is 4.30. The van der Waals surface area contributed by atoms with E-state index in [-0.39, 0.29) is 0 Å². The molecule has 1 saturated heterocycles. The first-order chi connectivity index (χ1) is 7.33. The smallest absolute Gasteiger partial charge is 0.192 e. The molecule has 3 nitrogen and oxygen atoms in total. The number of aryl methyl sites for hydroxylation is 1. The van der Waals surface area contributed by atoms with E-state index in [1.54, 1.807) is 0 Å². The van der Waals surface area contributed by atoms with Gasteiger partial charge in [0.25, 0.3) is 0 Å². The molecule has 1 unspecified atom stereocenters. The largest absolute Gasteiger partial charge is 0.441 e. The Morgan fingerprint density at radius 2 is 2.40 bits per heavy atom. The van der Waals surface area contributed by atoms with Gasteiger partial charge in [-0.25, -0.2) is 4.98 Å². The molecule has 2 aromatic rings. The van der Waals surface area contributed by atoms with Gasteiger partial charge in [-0.2, -0.15) is 0 Å². The minimum absolute atomic E-state index is 0.639. The number of nitrogens with zero attached hydrogens (tertiary/aromatic N) is 1. The number of aromatic nitrogens is 1. The van der Waals surface area contributed by atoms with Crippen molar-refractivity contribution in [2.45, 2.75) is 19.3 Å². The van der Waals surface area contributed by atoms with Gasteiger partial charge in [0.15, 0.2) is 11.5 Å². The van der Waals surface area contributed by atoms with Crippen molar-refractivity contribution in [3.63, 3.8) is 0 Å². The molecular weight excluding hydrogens is 188 g/mol. The van der Waals surface area contributed by atoms with Crippen LogP contribution in [0.2, 0.25) is 0 Å². The summed E-state index contributed by atoms with van der Waals surface area (Å²) in [6.45, 7) is 4.09. The van der Waals surface area contributed by atoms with E-state index in [1.807, 2.05) is 6.92 Å². The highest BCUT2D eigenvalue weighted by atomic mass is 16.3. The Morgan fingerprint density at radius 1 is 1.47 bits per heavy atom. The maximum absolute atomic E-state index is 5.54. The number of rotatable bonds is 1. The van der Waals surface area contributed by atoms with Crippen LogP contribution in [0.3, 0.4) is 0 Å². The molecule has 1 aromatic carbocycles. The van der Waals surface area contributed by atoms with Crippen LogP contribution in [-0.4, -0.2) is 18.1 Å². The second kappa shape index (κ2) is 3.35. The SMILES string of the molecule is Cc1nc2ccc(C3CCNC3)cc2o1. The van der Waals surface area contributed by atoms with Gasteiger partial charge < -0.3 is 9.73 Å². The average Bonchev–Trinajstić information content (AvgIpc) is 2.82. The van der Waals surface area contributed by atoms with Crippen LogP contribution in [0, 0.1) is 6.92 Å². The lowest BCUT2D eigenvalue weighted by atomic mass is 9.98. The van der Waals surface area contributed by atoms with Crippen molar-refractivity contribution in [1.82, 2.24) is 10.3 Å². The Labute approximate surface area is 88.5 Å². The number of fused-ring (bicyclic) bond motifs is 1. The standard InChI is InChI=1S/C12H14N2O/c1-8-14-11-3-2-9(6-12(11)15-8)10-4-5-13-7-10/h2-3,6,10,13H,4-5,7H2,1H3. The van der Waals surface area contributed by atoms with Crippen molar-refractivity contribution in [3.8, 4) is 0 Å². The highest BCUT2D eigenvalue weighted by Crippen LogP contribution is 2.26. The molecule has 1 atom stereocenters. The van der Waals surface area contributed by atoms with E-state index in [1.165, 1.54) is 12.0 Å². The summed E-state index contributed by atoms with van der Waals surface area (Å²) in [7, 11) is 0. The van der Waals surface area contributed by atoms with Crippen molar-refractivity contribution < 1.29 is 4.42 Å². The van der Waals surface area contributed by atoms with Crippen LogP contribution in [0.1, 0.15) is 23.8 Å². The molecule has 15 heavy (non-hydrogen) atoms. The fourth-order valence-electron chi connectivity index (χ4n) is 2.25. The second-order valence-corrected chi connectivity index (χ2v) is 4.15. The van der Waals surface area contributed by atoms with Crippen LogP contribution in [0.25, 0.3) is 11.1 Å². The van der Waals surface area contributed by atoms with E-state index in [9.17, 15) is 0 Å². The zero-order valence-corrected chi connectivity index (χ0v) is 8.79. The predicted molar refractivity (Wildman–Crippen MR) is 59.0 cm³/mol. The van der Waals surface area contributed by atoms with E-state index >= 15 is 0 Å². The van der Waals surface area contributed by atoms with Crippen LogP contribution in [-0.2, 0) is 0 Å². The molecule has 2 heterocycles. The lowest BCUT2D eigenvalue weighted by Crippen LogP contribution is -2.07. The molecule has 78 valence electrons. The summed E-state index contributed by atoms with van der Waals surface area (Å²) in [6.07, 6.45) is 1.22. The summed E-state index contributed by atoms with van der Waals surface area (Å²) in [5.74, 6) is 1.38. The summed E-state index contributed by atoms with van der Waals surface area (Å²) in [6, 6.07) is 6.36.